The van der Waals surface area contributed by atoms with E-state index in [1.165, 1.54) is 27.3 Å². The van der Waals surface area contributed by atoms with Crippen LogP contribution in [0.15, 0.2) is 34.3 Å². The Labute approximate surface area is 486 Å². The zero-order chi connectivity index (χ0) is 61.0. The minimum Gasteiger partial charge on any atom is -0.493 e. The Balaban J connectivity index is 1.30. The highest BCUT2D eigenvalue weighted by molar-refractivity contribution is 7.99. The number of oxime groups is 1. The molecule has 0 bridgehead atoms. The summed E-state index contributed by atoms with van der Waals surface area (Å²) in [6.07, 6.45) is -8.74. The molecule has 0 saturated carbocycles. The van der Waals surface area contributed by atoms with Crippen molar-refractivity contribution < 1.29 is 87.4 Å². The molecule has 0 radical (unpaired) electrons. The van der Waals surface area contributed by atoms with Gasteiger partial charge in [0.2, 0.25) is 12.2 Å². The largest absolute Gasteiger partial charge is 0.493 e. The van der Waals surface area contributed by atoms with Crippen LogP contribution in [0, 0.1) is 23.7 Å². The second-order valence-corrected chi connectivity index (χ2v) is 24.4. The van der Waals surface area contributed by atoms with Gasteiger partial charge in [-0.2, -0.15) is 11.8 Å². The predicted octanol–water partition coefficient (Wildman–Crippen LogP) is 4.57. The third-order valence-electron chi connectivity index (χ3n) is 16.5. The average molecular weight is 1180 g/mol. The average Bonchev–Trinajstić information content (AvgIpc) is 3.22. The number of benzene rings is 1. The Morgan fingerprint density at radius 3 is 2.28 bits per heavy atom. The van der Waals surface area contributed by atoms with E-state index in [-0.39, 0.29) is 61.3 Å². The number of thioether (sulfide) groups is 1. The number of aliphatic hydroxyl groups is 4. The maximum atomic E-state index is 14.6. The van der Waals surface area contributed by atoms with Gasteiger partial charge in [-0.1, -0.05) is 32.9 Å². The van der Waals surface area contributed by atoms with Crippen molar-refractivity contribution in [1.29, 1.82) is 0 Å². The van der Waals surface area contributed by atoms with E-state index in [1.807, 2.05) is 32.8 Å². The van der Waals surface area contributed by atoms with Crippen molar-refractivity contribution in [3.05, 3.63) is 40.2 Å². The zero-order valence-corrected chi connectivity index (χ0v) is 51.5. The molecule has 3 fully saturated rings. The number of nitrogens with one attached hydrogen (secondary N) is 1. The molecule has 0 spiro atoms. The first-order valence-electron chi connectivity index (χ1n) is 28.6. The maximum Gasteiger partial charge on any atom is 0.341 e. The van der Waals surface area contributed by atoms with Crippen molar-refractivity contribution in [3.63, 3.8) is 0 Å². The molecule has 18 atom stereocenters. The van der Waals surface area contributed by atoms with Crippen LogP contribution in [0.2, 0.25) is 0 Å². The fourth-order valence-electron chi connectivity index (χ4n) is 11.8. The molecule has 6 N–H and O–H groups in total. The van der Waals surface area contributed by atoms with Gasteiger partial charge in [-0.05, 0) is 100 Å². The van der Waals surface area contributed by atoms with Gasteiger partial charge in [0.25, 0.3) is 0 Å². The number of fused-ring (bicyclic) bond motifs is 1. The Morgan fingerprint density at radius 2 is 1.65 bits per heavy atom. The number of hydrogen-bond donors (Lipinski definition) is 6. The molecule has 23 nitrogen and oxygen atoms in total. The molecule has 466 valence electrons. The number of aromatic carboxylic acids is 1. The number of rotatable bonds is 23. The first kappa shape index (κ1) is 68.8. The smallest absolute Gasteiger partial charge is 0.341 e. The maximum absolute atomic E-state index is 14.6. The quantitative estimate of drug-likeness (QED) is 0.0384. The SMILES string of the molecule is CC[C@H]1OC(=O)[C@H](C)[C@@H](O[C@H]2C[C@@](C)(OC)[C@@H](OC(=O)CCNCCSCCOc3ccc4c(c3)c(=O)c(C(=O)O)cn4CC)[C@H](C)O2)[C@H](C)[C@@H](O[C@@H]2O[C@H](C)C[C@H](N(C)C)[C@H]2O)[C@](C)(O)C[C@@H](C)/C(=N\OCOC)[C@H](C)[C@@H](O)[C@]1(C)O. The van der Waals surface area contributed by atoms with Gasteiger partial charge in [-0.15, -0.1) is 0 Å². The number of ether oxygens (including phenoxy) is 9. The van der Waals surface area contributed by atoms with Crippen molar-refractivity contribution in [2.75, 3.05) is 66.3 Å². The van der Waals surface area contributed by atoms with Crippen LogP contribution < -0.4 is 15.5 Å². The summed E-state index contributed by atoms with van der Waals surface area (Å²) < 4.78 is 57.6. The van der Waals surface area contributed by atoms with Crippen LogP contribution >= 0.6 is 11.8 Å². The summed E-state index contributed by atoms with van der Waals surface area (Å²) in [6, 6.07) is 4.71. The number of cyclic esters (lactones) is 1. The van der Waals surface area contributed by atoms with Crippen LogP contribution in [-0.4, -0.2) is 209 Å². The zero-order valence-electron chi connectivity index (χ0n) is 50.7. The van der Waals surface area contributed by atoms with Gasteiger partial charge in [-0.25, -0.2) is 4.79 Å². The molecule has 0 unspecified atom stereocenters. The number of carbonyl (C=O) groups is 3. The van der Waals surface area contributed by atoms with Crippen molar-refractivity contribution in [1.82, 2.24) is 14.8 Å². The van der Waals surface area contributed by atoms with E-state index >= 15 is 0 Å². The first-order chi connectivity index (χ1) is 38.6. The molecular formula is C58H94N4O19S. The van der Waals surface area contributed by atoms with E-state index in [0.29, 0.717) is 55.4 Å². The van der Waals surface area contributed by atoms with Crippen LogP contribution in [0.1, 0.15) is 119 Å². The molecule has 24 heteroatoms. The van der Waals surface area contributed by atoms with E-state index in [9.17, 15) is 44.7 Å². The van der Waals surface area contributed by atoms with Crippen molar-refractivity contribution in [2.24, 2.45) is 28.8 Å². The number of carboxylic acids is 1. The van der Waals surface area contributed by atoms with Gasteiger partial charge in [0.05, 0.1) is 71.7 Å². The topological polar surface area (TPSA) is 294 Å². The van der Waals surface area contributed by atoms with E-state index < -0.39 is 119 Å². The number of aromatic nitrogens is 1. The molecule has 3 saturated heterocycles. The number of likely N-dealkylation sites (N-methyl/N-ethyl adjacent to an activating group) is 1. The van der Waals surface area contributed by atoms with Crippen LogP contribution in [0.4, 0.5) is 0 Å². The first-order valence-corrected chi connectivity index (χ1v) is 29.8. The fourth-order valence-corrected chi connectivity index (χ4v) is 12.5. The number of hydrogen-bond acceptors (Lipinski definition) is 22. The Morgan fingerprint density at radius 1 is 0.939 bits per heavy atom. The highest BCUT2D eigenvalue weighted by Gasteiger charge is 2.54. The minimum absolute atomic E-state index is 0.0180. The fraction of sp³-hybridized carbons (Fsp3) is 0.776. The van der Waals surface area contributed by atoms with E-state index in [0.717, 1.165) is 0 Å². The van der Waals surface area contributed by atoms with E-state index in [2.05, 4.69) is 10.5 Å². The molecule has 4 heterocycles. The number of methoxy groups -OCH3 is 2. The minimum atomic E-state index is -2.01. The molecule has 3 aliphatic heterocycles. The van der Waals surface area contributed by atoms with Gasteiger partial charge in [0, 0.05) is 81.8 Å². The summed E-state index contributed by atoms with van der Waals surface area (Å²) in [5.41, 5.74) is -4.95. The number of carbonyl (C=O) groups excluding carboxylic acids is 2. The van der Waals surface area contributed by atoms with Crippen molar-refractivity contribution in [3.8, 4) is 5.75 Å². The van der Waals surface area contributed by atoms with Crippen LogP contribution in [0.25, 0.3) is 10.9 Å². The summed E-state index contributed by atoms with van der Waals surface area (Å²) in [5.74, 6) is -4.33. The number of pyridine rings is 1. The normalized spacial score (nSPS) is 35.7. The number of aliphatic hydroxyl groups excluding tert-OH is 2. The summed E-state index contributed by atoms with van der Waals surface area (Å²) in [4.78, 5) is 60.0. The van der Waals surface area contributed by atoms with Gasteiger partial charge >= 0.3 is 17.9 Å². The Kier molecular flexibility index (Phi) is 25.5. The molecule has 1 aromatic carbocycles. The highest BCUT2D eigenvalue weighted by Crippen LogP contribution is 2.42. The van der Waals surface area contributed by atoms with Crippen molar-refractivity contribution >= 4 is 46.3 Å². The Bertz CT molecular complexity index is 2500. The number of carboxylic acid groups (broad SMARTS) is 1. The summed E-state index contributed by atoms with van der Waals surface area (Å²) >= 11 is 1.63. The second-order valence-electron chi connectivity index (χ2n) is 23.2. The van der Waals surface area contributed by atoms with Crippen LogP contribution in [0.3, 0.4) is 0 Å². The second kappa shape index (κ2) is 30.4. The molecule has 0 amide bonds. The third-order valence-corrected chi connectivity index (χ3v) is 17.4. The molecule has 2 aromatic rings. The highest BCUT2D eigenvalue weighted by atomic mass is 32.2. The van der Waals surface area contributed by atoms with E-state index in [4.69, 9.17) is 47.5 Å². The molecule has 1 aromatic heterocycles. The lowest BCUT2D eigenvalue weighted by Gasteiger charge is -2.49. The molecule has 82 heavy (non-hydrogen) atoms. The standard InChI is InChI=1S/C58H94N4O19S/c1-16-43-58(11,71)50(66)34(5)46(60-75-31-72-14)32(3)28-56(9,70)51(81-55-48(65)42(61(12)13)26-33(4)76-55)35(6)49(36(7)54(69)78-43)80-45-29-57(10,73-15)52(37(8)77-45)79-44(63)20-21-59-22-24-82-25-23-74-38-18-19-41-39(27-38)47(64)40(53(67)68)30-62(41)17-2/h18-19,27,30,32-37,42-43,45,48-52,55,59,65-66,70-71H,16-17,20-26,28-29,31H2,1-15H3,(H,67,68)/b60-46+/t32-,33-,34+,35+,36-,37+,42+,43-,45+,48-,49+,50-,51-,52+,55+,56-,57-,58-/m1/s1. The molecule has 5 rings (SSSR count). The number of aryl methyl sites for hydroxylation is 1. The molecular weight excluding hydrogens is 1090 g/mol. The van der Waals surface area contributed by atoms with Gasteiger partial charge in [-0.3, -0.25) is 14.4 Å². The van der Waals surface area contributed by atoms with Gasteiger partial charge in [0.15, 0.2) is 18.7 Å². The van der Waals surface area contributed by atoms with E-state index in [1.54, 1.807) is 89.9 Å². The monoisotopic (exact) mass is 1180 g/mol. The van der Waals surface area contributed by atoms with Gasteiger partial charge in [0.1, 0.15) is 34.7 Å². The predicted molar refractivity (Wildman–Crippen MR) is 307 cm³/mol. The number of esters is 2. The summed E-state index contributed by atoms with van der Waals surface area (Å²) in [6.45, 7) is 20.3. The lowest BCUT2D eigenvalue weighted by atomic mass is 9.73. The lowest BCUT2D eigenvalue weighted by molar-refractivity contribution is -0.318. The number of nitrogens with zero attached hydrogens (tertiary/aromatic N) is 3. The summed E-state index contributed by atoms with van der Waals surface area (Å²) in [5, 5.41) is 66.2. The van der Waals surface area contributed by atoms with Crippen LogP contribution in [0.5, 0.6) is 5.75 Å². The third kappa shape index (κ3) is 16.9. The lowest BCUT2D eigenvalue weighted by Crippen LogP contribution is -2.61. The molecule has 3 aliphatic rings. The Hall–Kier alpha value is -4.02. The summed E-state index contributed by atoms with van der Waals surface area (Å²) in [7, 11) is 6.62. The van der Waals surface area contributed by atoms with Crippen LogP contribution in [-0.2, 0) is 58.9 Å². The van der Waals surface area contributed by atoms with Gasteiger partial charge < -0.3 is 87.8 Å². The molecule has 0 aliphatic carbocycles. The van der Waals surface area contributed by atoms with Crippen molar-refractivity contribution in [2.45, 2.75) is 199 Å².